The van der Waals surface area contributed by atoms with Crippen LogP contribution >= 0.6 is 7.60 Å². The zero-order chi connectivity index (χ0) is 20.7. The Hall–Kier alpha value is 0.411. The van der Waals surface area contributed by atoms with Crippen LogP contribution in [-0.2, 0) is 17.4 Å². The summed E-state index contributed by atoms with van der Waals surface area (Å²) >= 11 is 0. The van der Waals surface area contributed by atoms with Gasteiger partial charge in [-0.3, -0.25) is 4.57 Å². The van der Waals surface area contributed by atoms with Gasteiger partial charge < -0.3 is 12.9 Å². The molecule has 0 rings (SSSR count). The third-order valence-electron chi connectivity index (χ3n) is 2.36. The van der Waals surface area contributed by atoms with E-state index in [1.165, 1.54) is 58.9 Å². The first-order chi connectivity index (χ1) is 10.6. The summed E-state index contributed by atoms with van der Waals surface area (Å²) < 4.78 is 98.2. The van der Waals surface area contributed by atoms with Gasteiger partial charge >= 0.3 is 19.1 Å². The van der Waals surface area contributed by atoms with Gasteiger partial charge in [-0.05, 0) is 58.9 Å². The fraction of sp³-hybridized carbons (Fsp3) is 1.00. The molecule has 1 unspecified atom stereocenters. The molecule has 0 saturated carbocycles. The predicted molar refractivity (Wildman–Crippen MR) is 95.7 cm³/mol. The standard InChI is InChI=1S/C12H28F5O4PSi3/c1-23(2,3)19-11(10(13)14,12(15,16)17)22(18,20-24(4,5)6)21-25(7,8)9/h10H,1-9H3. The maximum atomic E-state index is 13.9. The molecular weight excluding hydrogens is 418 g/mol. The van der Waals surface area contributed by atoms with Gasteiger partial charge in [0.25, 0.3) is 6.43 Å². The number of alkyl halides is 5. The van der Waals surface area contributed by atoms with E-state index in [9.17, 15) is 26.5 Å². The molecule has 25 heavy (non-hydrogen) atoms. The van der Waals surface area contributed by atoms with Crippen molar-refractivity contribution in [2.24, 2.45) is 0 Å². The fourth-order valence-corrected chi connectivity index (χ4v) is 12.2. The lowest BCUT2D eigenvalue weighted by atomic mass is 10.3. The summed E-state index contributed by atoms with van der Waals surface area (Å²) in [6, 6.07) is 0. The molecule has 0 radical (unpaired) electrons. The van der Waals surface area contributed by atoms with Gasteiger partial charge in [-0.15, -0.1) is 0 Å². The number of hydrogen-bond donors (Lipinski definition) is 0. The molecule has 0 N–H and O–H groups in total. The molecule has 152 valence electrons. The van der Waals surface area contributed by atoms with Crippen LogP contribution in [-0.4, -0.2) is 42.9 Å². The molecule has 0 amide bonds. The highest BCUT2D eigenvalue weighted by Gasteiger charge is 2.77. The van der Waals surface area contributed by atoms with Crippen molar-refractivity contribution in [3.8, 4) is 0 Å². The molecule has 1 atom stereocenters. The van der Waals surface area contributed by atoms with E-state index in [0.29, 0.717) is 0 Å². The molecule has 0 aliphatic rings. The quantitative estimate of drug-likeness (QED) is 0.251. The molecule has 0 saturated heterocycles. The first-order valence-electron chi connectivity index (χ1n) is 7.63. The SMILES string of the molecule is C[Si](C)(C)OC(C(F)F)(C(F)(F)F)P(=O)(O[Si](C)(C)C)O[Si](C)(C)C. The van der Waals surface area contributed by atoms with E-state index < -0.39 is 50.5 Å². The van der Waals surface area contributed by atoms with E-state index in [-0.39, 0.29) is 0 Å². The van der Waals surface area contributed by atoms with E-state index >= 15 is 0 Å². The molecule has 13 heteroatoms. The van der Waals surface area contributed by atoms with Gasteiger partial charge in [-0.1, -0.05) is 0 Å². The molecule has 0 aromatic rings. The fourth-order valence-electron chi connectivity index (χ4n) is 1.90. The van der Waals surface area contributed by atoms with Gasteiger partial charge in [0.2, 0.25) is 0 Å². The molecule has 0 aliphatic carbocycles. The highest BCUT2D eigenvalue weighted by Crippen LogP contribution is 2.71. The third-order valence-corrected chi connectivity index (χ3v) is 11.1. The summed E-state index contributed by atoms with van der Waals surface area (Å²) in [5.74, 6) is 0. The maximum Gasteiger partial charge on any atom is 0.434 e. The average Bonchev–Trinajstić information content (AvgIpc) is 2.15. The van der Waals surface area contributed by atoms with Gasteiger partial charge in [0.15, 0.2) is 25.0 Å². The predicted octanol–water partition coefficient (Wildman–Crippen LogP) is 6.26. The lowest BCUT2D eigenvalue weighted by molar-refractivity contribution is -0.257. The Labute approximate surface area is 149 Å². The van der Waals surface area contributed by atoms with Crippen LogP contribution in [0.1, 0.15) is 0 Å². The smallest absolute Gasteiger partial charge is 0.391 e. The average molecular weight is 447 g/mol. The molecular formula is C12H28F5O4PSi3. The Kier molecular flexibility index (Phi) is 7.56. The van der Waals surface area contributed by atoms with Crippen LogP contribution in [0.2, 0.25) is 58.9 Å². The van der Waals surface area contributed by atoms with Crippen LogP contribution in [0.3, 0.4) is 0 Å². The minimum absolute atomic E-state index is 1.31. The highest BCUT2D eigenvalue weighted by atomic mass is 31.2. The highest BCUT2D eigenvalue weighted by molar-refractivity contribution is 7.58. The summed E-state index contributed by atoms with van der Waals surface area (Å²) in [6.07, 6.45) is -9.77. The van der Waals surface area contributed by atoms with Crippen molar-refractivity contribution >= 4 is 32.5 Å². The van der Waals surface area contributed by atoms with Crippen molar-refractivity contribution in [2.45, 2.75) is 76.9 Å². The van der Waals surface area contributed by atoms with E-state index in [0.717, 1.165) is 0 Å². The van der Waals surface area contributed by atoms with E-state index in [2.05, 4.69) is 0 Å². The molecule has 0 spiro atoms. The van der Waals surface area contributed by atoms with Crippen LogP contribution in [0.15, 0.2) is 0 Å². The number of hydrogen-bond acceptors (Lipinski definition) is 4. The molecule has 4 nitrogen and oxygen atoms in total. The zero-order valence-corrected chi connectivity index (χ0v) is 19.9. The van der Waals surface area contributed by atoms with Gasteiger partial charge in [0.05, 0.1) is 0 Å². The Balaban J connectivity index is 6.78. The number of halogens is 5. The van der Waals surface area contributed by atoms with Crippen LogP contribution in [0.4, 0.5) is 22.0 Å². The van der Waals surface area contributed by atoms with Crippen molar-refractivity contribution in [1.29, 1.82) is 0 Å². The summed E-state index contributed by atoms with van der Waals surface area (Å²) in [4.78, 5) is 0. The van der Waals surface area contributed by atoms with Crippen molar-refractivity contribution < 1.29 is 39.4 Å². The largest absolute Gasteiger partial charge is 0.434 e. The molecule has 0 bridgehead atoms. The summed E-state index contributed by atoms with van der Waals surface area (Å²) in [5, 5.41) is -4.30. The zero-order valence-electron chi connectivity index (χ0n) is 16.0. The third kappa shape index (κ3) is 6.82. The monoisotopic (exact) mass is 446 g/mol. The first kappa shape index (κ1) is 25.4. The van der Waals surface area contributed by atoms with Crippen molar-refractivity contribution in [2.75, 3.05) is 0 Å². The topological polar surface area (TPSA) is 44.8 Å². The second-order valence-electron chi connectivity index (χ2n) is 8.61. The van der Waals surface area contributed by atoms with Gasteiger partial charge in [-0.25, -0.2) is 8.78 Å². The molecule has 0 aliphatic heterocycles. The number of rotatable bonds is 8. The van der Waals surface area contributed by atoms with Crippen LogP contribution < -0.4 is 0 Å². The molecule has 0 fully saturated rings. The van der Waals surface area contributed by atoms with Crippen LogP contribution in [0.25, 0.3) is 0 Å². The van der Waals surface area contributed by atoms with Crippen molar-refractivity contribution in [3.05, 3.63) is 0 Å². The van der Waals surface area contributed by atoms with E-state index in [4.69, 9.17) is 12.9 Å². The van der Waals surface area contributed by atoms with Gasteiger partial charge in [-0.2, -0.15) is 13.2 Å². The minimum Gasteiger partial charge on any atom is -0.391 e. The lowest BCUT2D eigenvalue weighted by Crippen LogP contribution is -2.59. The maximum absolute atomic E-state index is 13.9. The summed E-state index contributed by atoms with van der Waals surface area (Å²) in [5.41, 5.74) is 0. The lowest BCUT2D eigenvalue weighted by Gasteiger charge is -2.46. The minimum atomic E-state index is -5.64. The van der Waals surface area contributed by atoms with Crippen LogP contribution in [0, 0.1) is 0 Å². The second kappa shape index (κ2) is 7.44. The normalized spacial score (nSPS) is 17.7. The van der Waals surface area contributed by atoms with Gasteiger partial charge in [0.1, 0.15) is 0 Å². The molecule has 0 aromatic heterocycles. The Bertz CT molecular complexity index is 491. The summed E-state index contributed by atoms with van der Waals surface area (Å²) in [6.45, 7) is 12.6. The van der Waals surface area contributed by atoms with E-state index in [1.54, 1.807) is 0 Å². The molecule has 0 aromatic carbocycles. The Morgan fingerprint density at radius 3 is 1.24 bits per heavy atom. The first-order valence-corrected chi connectivity index (χ1v) is 19.4. The van der Waals surface area contributed by atoms with E-state index in [1.807, 2.05) is 0 Å². The Morgan fingerprint density at radius 1 is 0.760 bits per heavy atom. The second-order valence-corrected chi connectivity index (χ2v) is 24.6. The van der Waals surface area contributed by atoms with Gasteiger partial charge in [0, 0.05) is 0 Å². The Morgan fingerprint density at radius 2 is 1.08 bits per heavy atom. The van der Waals surface area contributed by atoms with Crippen LogP contribution in [0.5, 0.6) is 0 Å². The van der Waals surface area contributed by atoms with Crippen molar-refractivity contribution in [3.63, 3.8) is 0 Å². The summed E-state index contributed by atoms with van der Waals surface area (Å²) in [7, 11) is -14.6. The molecule has 0 heterocycles. The van der Waals surface area contributed by atoms with Crippen molar-refractivity contribution in [1.82, 2.24) is 0 Å².